The van der Waals surface area contributed by atoms with E-state index in [1.807, 2.05) is 91.1 Å². The van der Waals surface area contributed by atoms with Crippen molar-refractivity contribution in [1.82, 2.24) is 5.06 Å². The smallest absolute Gasteiger partial charge is 0.333 e. The number of nitrogens with zero attached hydrogens (tertiary/aromatic N) is 6. The third-order valence-corrected chi connectivity index (χ3v) is 12.9. The number of hydrogen-bond acceptors (Lipinski definition) is 13. The highest BCUT2D eigenvalue weighted by atomic mass is 16.7. The minimum Gasteiger partial charge on any atom is -0.493 e. The van der Waals surface area contributed by atoms with Crippen molar-refractivity contribution in [2.45, 2.75) is 63.6 Å². The highest BCUT2D eigenvalue weighted by Crippen LogP contribution is 2.43. The Labute approximate surface area is 392 Å². The van der Waals surface area contributed by atoms with Crippen LogP contribution in [0, 0.1) is 0 Å². The molecule has 5 aliphatic rings. The van der Waals surface area contributed by atoms with Crippen molar-refractivity contribution in [3.8, 4) is 23.0 Å². The van der Waals surface area contributed by atoms with Crippen molar-refractivity contribution in [3.63, 3.8) is 0 Å². The number of anilines is 3. The molecule has 16 nitrogen and oxygen atoms in total. The van der Waals surface area contributed by atoms with Crippen LogP contribution < -0.4 is 33.6 Å². The van der Waals surface area contributed by atoms with Gasteiger partial charge in [-0.3, -0.25) is 39.0 Å². The van der Waals surface area contributed by atoms with E-state index in [4.69, 9.17) is 33.8 Å². The fourth-order valence-corrected chi connectivity index (χ4v) is 9.40. The van der Waals surface area contributed by atoms with Gasteiger partial charge in [-0.25, -0.2) is 4.79 Å². The van der Waals surface area contributed by atoms with Gasteiger partial charge in [0.15, 0.2) is 23.0 Å². The summed E-state index contributed by atoms with van der Waals surface area (Å²) < 4.78 is 24.4. The quantitative estimate of drug-likeness (QED) is 0.0967. The third-order valence-electron chi connectivity index (χ3n) is 12.9. The van der Waals surface area contributed by atoms with Crippen LogP contribution in [0.15, 0.2) is 101 Å². The second kappa shape index (κ2) is 18.3. The number of carbonyl (C=O) groups is 5. The number of para-hydroxylation sites is 2. The fourth-order valence-electron chi connectivity index (χ4n) is 9.40. The van der Waals surface area contributed by atoms with Gasteiger partial charge in [0.1, 0.15) is 6.61 Å². The highest BCUT2D eigenvalue weighted by Gasteiger charge is 2.38. The maximum Gasteiger partial charge on any atom is 0.333 e. The van der Waals surface area contributed by atoms with Crippen molar-refractivity contribution in [2.75, 3.05) is 49.1 Å². The van der Waals surface area contributed by atoms with Crippen LogP contribution in [0.25, 0.3) is 0 Å². The zero-order valence-electron chi connectivity index (χ0n) is 37.8. The monoisotopic (exact) mass is 916 g/mol. The molecular weight excluding hydrogens is 869 g/mol. The average molecular weight is 917 g/mol. The zero-order chi connectivity index (χ0) is 47.1. The molecule has 2 atom stereocenters. The molecule has 1 fully saturated rings. The van der Waals surface area contributed by atoms with Crippen LogP contribution in [0.1, 0.15) is 68.7 Å². The Balaban J connectivity index is 0.869. The summed E-state index contributed by atoms with van der Waals surface area (Å²) in [5.41, 5.74) is 8.33. The van der Waals surface area contributed by atoms with Gasteiger partial charge in [0.05, 0.1) is 55.4 Å². The molecule has 5 aromatic rings. The number of ether oxygens (including phenoxy) is 4. The van der Waals surface area contributed by atoms with E-state index in [-0.39, 0.29) is 56.4 Å². The van der Waals surface area contributed by atoms with Crippen LogP contribution >= 0.6 is 0 Å². The maximum atomic E-state index is 14.0. The van der Waals surface area contributed by atoms with E-state index in [9.17, 15) is 24.0 Å². The fraction of sp³-hybridized carbons (Fsp3) is 0.288. The summed E-state index contributed by atoms with van der Waals surface area (Å²) in [5, 5.41) is 0.561. The summed E-state index contributed by atoms with van der Waals surface area (Å²) in [5.74, 6) is -0.384. The van der Waals surface area contributed by atoms with Gasteiger partial charge in [0.2, 0.25) is 0 Å². The van der Waals surface area contributed by atoms with Gasteiger partial charge in [-0.1, -0.05) is 42.5 Å². The Morgan fingerprint density at radius 3 is 1.79 bits per heavy atom. The standard InChI is InChI=1S/C52H48N6O10/c1-55(17-8-13-50(61)68-58-48(59)14-15-49(58)60)35-20-31(16-18-66-46-26-40-38(24-44(46)64-2)51(62)56-36(28-53-40)22-33-9-4-6-11-42(33)56)19-32(21-35)30-67-47-27-41-39(25-45(47)65-3)52(63)57-37(29-54-41)23-34-10-5-7-12-43(34)57/h4-7,9-12,19-21,24-29,36-37H,8,13-18,22-23,30H2,1-3H3/t36-,37-/m0/s1. The normalized spacial score (nSPS) is 17.4. The first-order valence-electron chi connectivity index (χ1n) is 22.6. The van der Waals surface area contributed by atoms with Crippen molar-refractivity contribution in [1.29, 1.82) is 0 Å². The van der Waals surface area contributed by atoms with E-state index in [0.717, 1.165) is 39.3 Å². The van der Waals surface area contributed by atoms with Crippen molar-refractivity contribution in [3.05, 3.63) is 124 Å². The van der Waals surface area contributed by atoms with Gasteiger partial charge in [-0.05, 0) is 65.1 Å². The molecule has 346 valence electrons. The second-order valence-electron chi connectivity index (χ2n) is 17.2. The number of amides is 4. The maximum absolute atomic E-state index is 14.0. The molecule has 0 spiro atoms. The first kappa shape index (κ1) is 43.9. The Morgan fingerprint density at radius 1 is 0.676 bits per heavy atom. The predicted octanol–water partition coefficient (Wildman–Crippen LogP) is 7.30. The van der Waals surface area contributed by atoms with Crippen LogP contribution in [0.2, 0.25) is 0 Å². The van der Waals surface area contributed by atoms with Gasteiger partial charge >= 0.3 is 5.97 Å². The Hall–Kier alpha value is -8.01. The molecule has 16 heteroatoms. The molecule has 0 saturated carbocycles. The van der Waals surface area contributed by atoms with Gasteiger partial charge in [-0.2, -0.15) is 0 Å². The number of hydrogen-bond donors (Lipinski definition) is 0. The summed E-state index contributed by atoms with van der Waals surface area (Å²) in [6.07, 6.45) is 5.88. The number of imide groups is 1. The Bertz CT molecular complexity index is 2930. The molecule has 68 heavy (non-hydrogen) atoms. The Kier molecular flexibility index (Phi) is 11.8. The van der Waals surface area contributed by atoms with Crippen molar-refractivity contribution < 1.29 is 47.8 Å². The molecular formula is C52H48N6O10. The molecule has 0 N–H and O–H groups in total. The summed E-state index contributed by atoms with van der Waals surface area (Å²) in [4.78, 5) is 84.7. The lowest BCUT2D eigenvalue weighted by Crippen LogP contribution is -2.37. The molecule has 1 saturated heterocycles. The van der Waals surface area contributed by atoms with Crippen LogP contribution in [0.4, 0.5) is 28.4 Å². The van der Waals surface area contributed by atoms with Crippen LogP contribution in [0.5, 0.6) is 23.0 Å². The second-order valence-corrected chi connectivity index (χ2v) is 17.2. The topological polar surface area (TPSA) is 169 Å². The summed E-state index contributed by atoms with van der Waals surface area (Å²) >= 11 is 0. The molecule has 4 amide bonds. The molecule has 5 aliphatic heterocycles. The van der Waals surface area contributed by atoms with E-state index in [1.165, 1.54) is 14.2 Å². The van der Waals surface area contributed by atoms with E-state index in [1.54, 1.807) is 34.1 Å². The summed E-state index contributed by atoms with van der Waals surface area (Å²) in [6, 6.07) is 28.3. The number of aliphatic imine (C=N–C) groups is 2. The molecule has 5 aromatic carbocycles. The van der Waals surface area contributed by atoms with Crippen molar-refractivity contribution in [2.24, 2.45) is 9.98 Å². The number of benzene rings is 5. The van der Waals surface area contributed by atoms with E-state index in [2.05, 4.69) is 0 Å². The predicted molar refractivity (Wildman–Crippen MR) is 253 cm³/mol. The largest absolute Gasteiger partial charge is 0.493 e. The minimum atomic E-state index is -0.665. The Morgan fingerprint density at radius 2 is 1.22 bits per heavy atom. The summed E-state index contributed by atoms with van der Waals surface area (Å²) in [7, 11) is 4.97. The number of hydroxylamine groups is 2. The first-order valence-corrected chi connectivity index (χ1v) is 22.6. The summed E-state index contributed by atoms with van der Waals surface area (Å²) in [6.45, 7) is 0.817. The third kappa shape index (κ3) is 8.37. The molecule has 0 bridgehead atoms. The number of fused-ring (bicyclic) bond motifs is 8. The lowest BCUT2D eigenvalue weighted by Gasteiger charge is -2.22. The van der Waals surface area contributed by atoms with Crippen LogP contribution in [-0.2, 0) is 45.1 Å². The lowest BCUT2D eigenvalue weighted by molar-refractivity contribution is -0.197. The van der Waals surface area contributed by atoms with E-state index < -0.39 is 17.8 Å². The van der Waals surface area contributed by atoms with Crippen LogP contribution in [-0.4, -0.2) is 93.6 Å². The lowest BCUT2D eigenvalue weighted by atomic mass is 10.1. The first-order chi connectivity index (χ1) is 33.1. The molecule has 5 heterocycles. The molecule has 0 unspecified atom stereocenters. The van der Waals surface area contributed by atoms with Gasteiger partial charge < -0.3 is 28.7 Å². The number of methoxy groups -OCH3 is 2. The zero-order valence-corrected chi connectivity index (χ0v) is 37.8. The number of rotatable bonds is 15. The van der Waals surface area contributed by atoms with Gasteiger partial charge in [0, 0.05) is 93.7 Å². The molecule has 0 aliphatic carbocycles. The molecule has 0 aromatic heterocycles. The van der Waals surface area contributed by atoms with Gasteiger partial charge in [-0.15, -0.1) is 5.06 Å². The van der Waals surface area contributed by atoms with Crippen molar-refractivity contribution >= 4 is 70.5 Å². The van der Waals surface area contributed by atoms with E-state index in [0.29, 0.717) is 82.8 Å². The highest BCUT2D eigenvalue weighted by molar-refractivity contribution is 6.16. The van der Waals surface area contributed by atoms with Gasteiger partial charge in [0.25, 0.3) is 23.6 Å². The van der Waals surface area contributed by atoms with E-state index >= 15 is 0 Å². The average Bonchev–Trinajstić information content (AvgIpc) is 3.96. The SMILES string of the molecule is COc1cc2c(cc1OCCc1cc(COc3cc4c(cc3OC)C(=O)N3c5ccccc5C[C@H]3C=N4)cc(N(C)CCCC(=O)ON3C(=O)CCC3=O)c1)N=C[C@@H]1Cc3ccccc3N1C2=O. The molecule has 10 rings (SSSR count). The number of carbonyl (C=O) groups excluding carboxylic acids is 5. The minimum absolute atomic E-state index is 0.0107. The molecule has 0 radical (unpaired) electrons. The van der Waals surface area contributed by atoms with Crippen LogP contribution in [0.3, 0.4) is 0 Å².